The van der Waals surface area contributed by atoms with Crippen LogP contribution in [0.15, 0.2) is 30.3 Å². The van der Waals surface area contributed by atoms with Gasteiger partial charge < -0.3 is 5.73 Å². The summed E-state index contributed by atoms with van der Waals surface area (Å²) in [5, 5.41) is 2.46. The van der Waals surface area contributed by atoms with Gasteiger partial charge in [-0.1, -0.05) is 37.3 Å². The molecule has 4 aliphatic carbocycles. The van der Waals surface area contributed by atoms with E-state index < -0.39 is 12.0 Å². The van der Waals surface area contributed by atoms with Crippen molar-refractivity contribution in [3.05, 3.63) is 35.9 Å². The Morgan fingerprint density at radius 2 is 2.00 bits per heavy atom. The fourth-order valence-electron chi connectivity index (χ4n) is 6.72. The Morgan fingerprint density at radius 1 is 1.28 bits per heavy atom. The lowest BCUT2D eigenvalue weighted by atomic mass is 9.61. The molecule has 1 aromatic rings. The Bertz CT molecular complexity index is 667. The molecule has 5 heteroatoms. The first-order valence-electron chi connectivity index (χ1n) is 9.31. The van der Waals surface area contributed by atoms with E-state index in [0.29, 0.717) is 6.42 Å². The van der Waals surface area contributed by atoms with Crippen LogP contribution in [0, 0.1) is 23.2 Å². The van der Waals surface area contributed by atoms with Crippen LogP contribution < -0.4 is 11.1 Å². The number of carbonyl (C=O) groups is 1. The molecule has 4 bridgehead atoms. The highest BCUT2D eigenvalue weighted by Crippen LogP contribution is 2.73. The minimum absolute atomic E-state index is 0.0104. The summed E-state index contributed by atoms with van der Waals surface area (Å²) in [6.07, 6.45) is 4.07. The third-order valence-electron chi connectivity index (χ3n) is 7.38. The van der Waals surface area contributed by atoms with Gasteiger partial charge in [0.25, 0.3) is 6.55 Å². The van der Waals surface area contributed by atoms with Gasteiger partial charge in [-0.2, -0.15) is 8.78 Å². The Balaban J connectivity index is 1.72. The third-order valence-corrected chi connectivity index (χ3v) is 7.38. The van der Waals surface area contributed by atoms with Gasteiger partial charge in [0.1, 0.15) is 0 Å². The molecule has 3 nitrogen and oxygen atoms in total. The molecule has 0 heterocycles. The normalized spacial score (nSPS) is 39.9. The summed E-state index contributed by atoms with van der Waals surface area (Å²) < 4.78 is 26.0. The molecule has 3 N–H and O–H groups in total. The summed E-state index contributed by atoms with van der Waals surface area (Å²) in [6, 6.07) is 10.1. The van der Waals surface area contributed by atoms with E-state index in [9.17, 15) is 13.6 Å². The molecule has 25 heavy (non-hydrogen) atoms. The van der Waals surface area contributed by atoms with Crippen molar-refractivity contribution >= 4 is 5.91 Å². The number of nitrogens with two attached hydrogens (primary N) is 1. The van der Waals surface area contributed by atoms with Gasteiger partial charge in [-0.3, -0.25) is 10.1 Å². The molecule has 5 rings (SSSR count). The van der Waals surface area contributed by atoms with Gasteiger partial charge in [-0.15, -0.1) is 0 Å². The van der Waals surface area contributed by atoms with Crippen molar-refractivity contribution in [1.82, 2.24) is 5.32 Å². The Labute approximate surface area is 147 Å². The van der Waals surface area contributed by atoms with Crippen molar-refractivity contribution in [3.63, 3.8) is 0 Å². The van der Waals surface area contributed by atoms with Gasteiger partial charge in [-0.05, 0) is 60.8 Å². The molecule has 0 aromatic heterocycles. The van der Waals surface area contributed by atoms with Crippen LogP contribution in [-0.2, 0) is 10.2 Å². The lowest BCUT2D eigenvalue weighted by molar-refractivity contribution is -0.129. The van der Waals surface area contributed by atoms with E-state index >= 15 is 0 Å². The average molecular weight is 348 g/mol. The van der Waals surface area contributed by atoms with Crippen molar-refractivity contribution in [2.75, 3.05) is 0 Å². The van der Waals surface area contributed by atoms with Gasteiger partial charge in [0, 0.05) is 6.04 Å². The summed E-state index contributed by atoms with van der Waals surface area (Å²) in [5.41, 5.74) is 6.65. The maximum Gasteiger partial charge on any atom is 0.292 e. The number of halogens is 2. The van der Waals surface area contributed by atoms with Crippen molar-refractivity contribution < 1.29 is 13.6 Å². The number of carbonyl (C=O) groups excluding carboxylic acids is 1. The van der Waals surface area contributed by atoms with E-state index in [0.717, 1.165) is 25.7 Å². The maximum atomic E-state index is 13.0. The number of rotatable bonds is 6. The first kappa shape index (κ1) is 17.0. The van der Waals surface area contributed by atoms with Crippen molar-refractivity contribution in [2.45, 2.75) is 57.0 Å². The van der Waals surface area contributed by atoms with Gasteiger partial charge in [0.2, 0.25) is 5.91 Å². The van der Waals surface area contributed by atoms with Crippen molar-refractivity contribution in [1.29, 1.82) is 0 Å². The molecule has 1 amide bonds. The predicted octanol–water partition coefficient (Wildman–Crippen LogP) is 3.44. The molecule has 0 saturated heterocycles. The van der Waals surface area contributed by atoms with Crippen LogP contribution in [-0.4, -0.2) is 18.5 Å². The molecule has 1 aromatic carbocycles. The Kier molecular flexibility index (Phi) is 3.91. The van der Waals surface area contributed by atoms with Gasteiger partial charge in [-0.25, -0.2) is 0 Å². The predicted molar refractivity (Wildman–Crippen MR) is 91.9 cm³/mol. The highest BCUT2D eigenvalue weighted by atomic mass is 19.3. The zero-order valence-corrected chi connectivity index (χ0v) is 14.6. The third kappa shape index (κ3) is 2.35. The Hall–Kier alpha value is -1.49. The largest absolute Gasteiger partial charge is 0.369 e. The molecular formula is C20H26F2N2O. The standard InChI is InChI=1S/C20H26F2N2O/c1-2-15(24-18(21)22)16-12-8-19(13-6-4-3-5-7-13)10-14(16)20(9-12,11-19)17(23)25/h3-7,12,14-16,18,24H,2,8-11H2,1H3,(H2,23,25)/t12?,14?,15-,16?,19?,20?/m0/s1. The molecular weight excluding hydrogens is 322 g/mol. The second-order valence-electron chi connectivity index (χ2n) is 8.38. The molecule has 6 atom stereocenters. The fraction of sp³-hybridized carbons (Fsp3) is 0.650. The molecule has 5 unspecified atom stereocenters. The molecule has 0 radical (unpaired) electrons. The van der Waals surface area contributed by atoms with E-state index in [2.05, 4.69) is 17.4 Å². The second-order valence-corrected chi connectivity index (χ2v) is 8.38. The summed E-state index contributed by atoms with van der Waals surface area (Å²) in [4.78, 5) is 12.5. The number of hydrogen-bond donors (Lipinski definition) is 2. The number of nitrogens with one attached hydrogen (secondary N) is 1. The summed E-state index contributed by atoms with van der Waals surface area (Å²) in [5.74, 6) is 0.289. The Morgan fingerprint density at radius 3 is 2.60 bits per heavy atom. The van der Waals surface area contributed by atoms with Crippen LogP contribution in [0.3, 0.4) is 0 Å². The monoisotopic (exact) mass is 348 g/mol. The zero-order valence-electron chi connectivity index (χ0n) is 14.6. The topological polar surface area (TPSA) is 55.1 Å². The van der Waals surface area contributed by atoms with Crippen LogP contribution in [0.25, 0.3) is 0 Å². The van der Waals surface area contributed by atoms with Crippen molar-refractivity contribution in [3.8, 4) is 0 Å². The van der Waals surface area contributed by atoms with Gasteiger partial charge in [0.15, 0.2) is 0 Å². The van der Waals surface area contributed by atoms with Crippen LogP contribution in [0.4, 0.5) is 8.78 Å². The van der Waals surface area contributed by atoms with E-state index in [1.54, 1.807) is 0 Å². The number of primary amides is 1. The van der Waals surface area contributed by atoms with E-state index in [4.69, 9.17) is 5.73 Å². The van der Waals surface area contributed by atoms with E-state index in [1.807, 2.05) is 25.1 Å². The molecule has 4 saturated carbocycles. The maximum absolute atomic E-state index is 13.0. The summed E-state index contributed by atoms with van der Waals surface area (Å²) in [6.45, 7) is -0.573. The number of alkyl halides is 2. The summed E-state index contributed by atoms with van der Waals surface area (Å²) in [7, 11) is 0. The summed E-state index contributed by atoms with van der Waals surface area (Å²) >= 11 is 0. The second kappa shape index (κ2) is 5.76. The van der Waals surface area contributed by atoms with E-state index in [-0.39, 0.29) is 35.1 Å². The van der Waals surface area contributed by atoms with Gasteiger partial charge >= 0.3 is 0 Å². The minimum Gasteiger partial charge on any atom is -0.369 e. The molecule has 0 aliphatic heterocycles. The number of hydrogen-bond acceptors (Lipinski definition) is 2. The number of amides is 1. The van der Waals surface area contributed by atoms with Crippen LogP contribution in [0.2, 0.25) is 0 Å². The average Bonchev–Trinajstić information content (AvgIpc) is 2.96. The molecule has 136 valence electrons. The van der Waals surface area contributed by atoms with Gasteiger partial charge in [0.05, 0.1) is 5.41 Å². The SMILES string of the molecule is CC[C@H](NC(F)F)C1C2CC3(c4ccccc4)CC1C(C(N)=O)(C2)C3. The lowest BCUT2D eigenvalue weighted by Gasteiger charge is -2.44. The minimum atomic E-state index is -2.52. The molecule has 4 aliphatic rings. The zero-order chi connectivity index (χ0) is 17.8. The van der Waals surface area contributed by atoms with Crippen molar-refractivity contribution in [2.24, 2.45) is 28.9 Å². The quantitative estimate of drug-likeness (QED) is 0.774. The van der Waals surface area contributed by atoms with Crippen LogP contribution in [0.1, 0.15) is 44.6 Å². The first-order chi connectivity index (χ1) is 11.9. The van der Waals surface area contributed by atoms with E-state index in [1.165, 1.54) is 5.56 Å². The van der Waals surface area contributed by atoms with Crippen LogP contribution >= 0.6 is 0 Å². The smallest absolute Gasteiger partial charge is 0.292 e. The highest BCUT2D eigenvalue weighted by molar-refractivity contribution is 5.83. The lowest BCUT2D eigenvalue weighted by Crippen LogP contribution is -2.46. The highest BCUT2D eigenvalue weighted by Gasteiger charge is 2.71. The molecule has 4 fully saturated rings. The fourth-order valence-corrected chi connectivity index (χ4v) is 6.72. The molecule has 0 spiro atoms. The first-order valence-corrected chi connectivity index (χ1v) is 9.31. The number of benzene rings is 1. The van der Waals surface area contributed by atoms with Crippen LogP contribution in [0.5, 0.6) is 0 Å².